The van der Waals surface area contributed by atoms with Crippen LogP contribution in [0.3, 0.4) is 0 Å². The number of nitrogens with one attached hydrogen (secondary N) is 2. The quantitative estimate of drug-likeness (QED) is 0.125. The summed E-state index contributed by atoms with van der Waals surface area (Å²) in [5, 5.41) is 6.98. The number of guanidine groups is 1. The maximum absolute atomic E-state index is 11.7. The molecule has 0 unspecified atom stereocenters. The second-order valence-electron chi connectivity index (χ2n) is 9.43. The summed E-state index contributed by atoms with van der Waals surface area (Å²) in [7, 11) is 1.83. The molecule has 1 heterocycles. The number of piperidine rings is 1. The number of carbonyl (C=O) groups excluding carboxylic acids is 1. The molecule has 0 amide bonds. The van der Waals surface area contributed by atoms with Gasteiger partial charge in [-0.05, 0) is 60.3 Å². The first kappa shape index (κ1) is 30.4. The zero-order valence-electron chi connectivity index (χ0n) is 20.7. The maximum atomic E-state index is 11.7. The van der Waals surface area contributed by atoms with Gasteiger partial charge in [0.25, 0.3) is 0 Å². The molecule has 1 fully saturated rings. The molecule has 1 rings (SSSR count). The van der Waals surface area contributed by atoms with Gasteiger partial charge in [-0.15, -0.1) is 24.0 Å². The zero-order chi connectivity index (χ0) is 22.4. The fraction of sp³-hybridized carbons (Fsp3) is 0.913. The molecule has 0 aromatic carbocycles. The van der Waals surface area contributed by atoms with E-state index in [9.17, 15) is 4.79 Å². The van der Waals surface area contributed by atoms with E-state index in [0.29, 0.717) is 18.6 Å². The first-order chi connectivity index (χ1) is 14.2. The Balaban J connectivity index is 0.00000900. The van der Waals surface area contributed by atoms with E-state index in [-0.39, 0.29) is 35.5 Å². The second kappa shape index (κ2) is 16.9. The van der Waals surface area contributed by atoms with Crippen molar-refractivity contribution >= 4 is 35.9 Å². The molecule has 1 aliphatic rings. The fourth-order valence-electron chi connectivity index (χ4n) is 3.45. The Labute approximate surface area is 207 Å². The van der Waals surface area contributed by atoms with E-state index in [2.05, 4.69) is 34.4 Å². The van der Waals surface area contributed by atoms with Gasteiger partial charge in [-0.3, -0.25) is 9.79 Å². The Morgan fingerprint density at radius 3 is 2.35 bits per heavy atom. The molecule has 184 valence electrons. The van der Waals surface area contributed by atoms with Crippen molar-refractivity contribution in [1.82, 2.24) is 15.5 Å². The van der Waals surface area contributed by atoms with Crippen molar-refractivity contribution in [2.24, 2.45) is 4.99 Å². The number of carbonyl (C=O) groups is 1. The van der Waals surface area contributed by atoms with E-state index in [0.717, 1.165) is 77.3 Å². The first-order valence-corrected chi connectivity index (χ1v) is 11.7. The van der Waals surface area contributed by atoms with Gasteiger partial charge in [-0.25, -0.2) is 0 Å². The number of likely N-dealkylation sites (tertiary alicyclic amines) is 1. The molecular weight excluding hydrogens is 507 g/mol. The second-order valence-corrected chi connectivity index (χ2v) is 9.43. The van der Waals surface area contributed by atoms with Crippen LogP contribution in [0.25, 0.3) is 0 Å². The molecule has 0 spiro atoms. The lowest BCUT2D eigenvalue weighted by Crippen LogP contribution is -2.49. The monoisotopic (exact) mass is 554 g/mol. The van der Waals surface area contributed by atoms with Crippen molar-refractivity contribution in [2.75, 3.05) is 39.8 Å². The topological polar surface area (TPSA) is 75.2 Å². The van der Waals surface area contributed by atoms with Gasteiger partial charge in [0.05, 0.1) is 12.7 Å². The van der Waals surface area contributed by atoms with E-state index in [1.807, 2.05) is 27.8 Å². The fourth-order valence-corrected chi connectivity index (χ4v) is 3.45. The van der Waals surface area contributed by atoms with Crippen LogP contribution in [0.1, 0.15) is 79.6 Å². The number of hydrogen-bond acceptors (Lipinski definition) is 5. The van der Waals surface area contributed by atoms with Crippen LogP contribution in [0, 0.1) is 0 Å². The number of unbranched alkanes of at least 4 members (excludes halogenated alkanes) is 3. The molecule has 0 atom stereocenters. The van der Waals surface area contributed by atoms with Crippen LogP contribution in [-0.2, 0) is 14.3 Å². The maximum Gasteiger partial charge on any atom is 0.306 e. The highest BCUT2D eigenvalue weighted by atomic mass is 127. The first-order valence-electron chi connectivity index (χ1n) is 11.7. The predicted molar refractivity (Wildman–Crippen MR) is 139 cm³/mol. The summed E-state index contributed by atoms with van der Waals surface area (Å²) in [6.07, 6.45) is 7.20. The number of ether oxygens (including phenoxy) is 2. The average Bonchev–Trinajstić information content (AvgIpc) is 2.65. The van der Waals surface area contributed by atoms with Crippen molar-refractivity contribution in [2.45, 2.75) is 97.3 Å². The average molecular weight is 555 g/mol. The summed E-state index contributed by atoms with van der Waals surface area (Å²) in [6, 6.07) is 0.479. The Morgan fingerprint density at radius 2 is 1.77 bits per heavy atom. The van der Waals surface area contributed by atoms with Crippen LogP contribution in [0.5, 0.6) is 0 Å². The number of hydrogen-bond donors (Lipinski definition) is 2. The van der Waals surface area contributed by atoms with Crippen LogP contribution in [0.4, 0.5) is 0 Å². The van der Waals surface area contributed by atoms with Crippen molar-refractivity contribution in [1.29, 1.82) is 0 Å². The summed E-state index contributed by atoms with van der Waals surface area (Å²) in [5.74, 6) is 0.800. The van der Waals surface area contributed by atoms with Crippen LogP contribution in [0.2, 0.25) is 0 Å². The molecule has 1 aliphatic heterocycles. The predicted octanol–water partition coefficient (Wildman–Crippen LogP) is 3.95. The summed E-state index contributed by atoms with van der Waals surface area (Å²) in [5.41, 5.74) is -0.386. The SMILES string of the molecule is CN=C(NCCCCCCC(=O)OC(C)(C)C)NC1CCN(CCOC(C)C)CC1.I. The van der Waals surface area contributed by atoms with Gasteiger partial charge >= 0.3 is 5.97 Å². The van der Waals surface area contributed by atoms with Crippen molar-refractivity contribution in [3.8, 4) is 0 Å². The lowest BCUT2D eigenvalue weighted by molar-refractivity contribution is -0.154. The van der Waals surface area contributed by atoms with E-state index >= 15 is 0 Å². The van der Waals surface area contributed by atoms with Gasteiger partial charge in [-0.1, -0.05) is 12.8 Å². The lowest BCUT2D eigenvalue weighted by Gasteiger charge is -2.33. The third-order valence-electron chi connectivity index (χ3n) is 5.03. The highest BCUT2D eigenvalue weighted by molar-refractivity contribution is 14.0. The molecule has 7 nitrogen and oxygen atoms in total. The van der Waals surface area contributed by atoms with Gasteiger partial charge in [0.15, 0.2) is 5.96 Å². The molecule has 2 N–H and O–H groups in total. The van der Waals surface area contributed by atoms with Gasteiger partial charge in [0.1, 0.15) is 5.60 Å². The highest BCUT2D eigenvalue weighted by Gasteiger charge is 2.19. The summed E-state index contributed by atoms with van der Waals surface area (Å²) in [4.78, 5) is 18.5. The molecule has 8 heteroatoms. The van der Waals surface area contributed by atoms with Gasteiger partial charge in [0.2, 0.25) is 0 Å². The van der Waals surface area contributed by atoms with Crippen molar-refractivity contribution < 1.29 is 14.3 Å². The standard InChI is InChI=1S/C23H46N4O3.HI/c1-19(2)29-18-17-27-15-12-20(13-16-27)26-22(24-6)25-14-10-8-7-9-11-21(28)30-23(3,4)5;/h19-20H,7-18H2,1-6H3,(H2,24,25,26);1H. The van der Waals surface area contributed by atoms with E-state index < -0.39 is 0 Å². The van der Waals surface area contributed by atoms with Crippen LogP contribution in [0.15, 0.2) is 4.99 Å². The largest absolute Gasteiger partial charge is 0.460 e. The molecule has 0 aromatic heterocycles. The summed E-state index contributed by atoms with van der Waals surface area (Å²) >= 11 is 0. The Kier molecular flexibility index (Phi) is 16.6. The minimum absolute atomic E-state index is 0. The number of aliphatic imine (C=N–C) groups is 1. The molecule has 0 saturated carbocycles. The third kappa shape index (κ3) is 16.7. The number of rotatable bonds is 12. The Bertz CT molecular complexity index is 502. The zero-order valence-corrected chi connectivity index (χ0v) is 23.0. The number of esters is 1. The highest BCUT2D eigenvalue weighted by Crippen LogP contribution is 2.12. The Hall–Kier alpha value is -0.610. The molecular formula is C23H47IN4O3. The van der Waals surface area contributed by atoms with E-state index in [4.69, 9.17) is 9.47 Å². The van der Waals surface area contributed by atoms with E-state index in [1.165, 1.54) is 0 Å². The smallest absolute Gasteiger partial charge is 0.306 e. The Morgan fingerprint density at radius 1 is 1.13 bits per heavy atom. The van der Waals surface area contributed by atoms with Crippen LogP contribution < -0.4 is 10.6 Å². The lowest BCUT2D eigenvalue weighted by atomic mass is 10.1. The molecule has 0 aromatic rings. The molecule has 0 aliphatic carbocycles. The van der Waals surface area contributed by atoms with Gasteiger partial charge < -0.3 is 25.0 Å². The van der Waals surface area contributed by atoms with Gasteiger partial charge in [-0.2, -0.15) is 0 Å². The molecule has 1 saturated heterocycles. The molecule has 31 heavy (non-hydrogen) atoms. The summed E-state index contributed by atoms with van der Waals surface area (Å²) < 4.78 is 11.0. The minimum atomic E-state index is -0.386. The van der Waals surface area contributed by atoms with E-state index in [1.54, 1.807) is 0 Å². The van der Waals surface area contributed by atoms with Crippen LogP contribution in [-0.4, -0.2) is 74.4 Å². The third-order valence-corrected chi connectivity index (χ3v) is 5.03. The van der Waals surface area contributed by atoms with Crippen molar-refractivity contribution in [3.63, 3.8) is 0 Å². The van der Waals surface area contributed by atoms with Crippen molar-refractivity contribution in [3.05, 3.63) is 0 Å². The number of nitrogens with zero attached hydrogens (tertiary/aromatic N) is 2. The normalized spacial score (nSPS) is 16.2. The minimum Gasteiger partial charge on any atom is -0.460 e. The van der Waals surface area contributed by atoms with Crippen LogP contribution >= 0.6 is 24.0 Å². The molecule has 0 radical (unpaired) electrons. The number of halogens is 1. The summed E-state index contributed by atoms with van der Waals surface area (Å²) in [6.45, 7) is 14.8. The molecule has 0 bridgehead atoms. The van der Waals surface area contributed by atoms with Gasteiger partial charge in [0, 0.05) is 45.7 Å².